The fraction of sp³-hybridized carbons (Fsp3) is 0.400. The summed E-state index contributed by atoms with van der Waals surface area (Å²) in [7, 11) is 3.61. The third kappa shape index (κ3) is 3.83. The van der Waals surface area contributed by atoms with Gasteiger partial charge in [0, 0.05) is 49.6 Å². The SMILES string of the molecule is CO[C@H]1CC[C@H](C(=O)Nc2cc3cc(-c4cnn(C)c4)ncc3cn2)CC1. The fourth-order valence-electron chi connectivity index (χ4n) is 3.61. The molecule has 1 amide bonds. The highest BCUT2D eigenvalue weighted by molar-refractivity contribution is 5.94. The first kappa shape index (κ1) is 17.6. The zero-order valence-corrected chi connectivity index (χ0v) is 15.6. The predicted molar refractivity (Wildman–Crippen MR) is 103 cm³/mol. The minimum Gasteiger partial charge on any atom is -0.381 e. The van der Waals surface area contributed by atoms with Crippen LogP contribution < -0.4 is 5.32 Å². The maximum Gasteiger partial charge on any atom is 0.228 e. The third-order valence-corrected chi connectivity index (χ3v) is 5.23. The van der Waals surface area contributed by atoms with Crippen LogP contribution in [0, 0.1) is 5.92 Å². The first-order valence-electron chi connectivity index (χ1n) is 9.21. The summed E-state index contributed by atoms with van der Waals surface area (Å²) >= 11 is 0. The molecule has 1 fully saturated rings. The number of methoxy groups -OCH3 is 1. The fourth-order valence-corrected chi connectivity index (χ4v) is 3.61. The van der Waals surface area contributed by atoms with Gasteiger partial charge >= 0.3 is 0 Å². The molecule has 4 rings (SSSR count). The number of anilines is 1. The van der Waals surface area contributed by atoms with Crippen LogP contribution in [0.5, 0.6) is 0 Å². The van der Waals surface area contributed by atoms with Crippen molar-refractivity contribution < 1.29 is 9.53 Å². The molecule has 3 heterocycles. The van der Waals surface area contributed by atoms with Gasteiger partial charge in [-0.2, -0.15) is 5.10 Å². The lowest BCUT2D eigenvalue weighted by atomic mass is 9.87. The zero-order chi connectivity index (χ0) is 18.8. The zero-order valence-electron chi connectivity index (χ0n) is 15.6. The van der Waals surface area contributed by atoms with Gasteiger partial charge in [-0.1, -0.05) is 0 Å². The molecular weight excluding hydrogens is 342 g/mol. The molecule has 0 atom stereocenters. The van der Waals surface area contributed by atoms with E-state index in [-0.39, 0.29) is 17.9 Å². The van der Waals surface area contributed by atoms with Gasteiger partial charge in [-0.15, -0.1) is 0 Å². The number of pyridine rings is 2. The van der Waals surface area contributed by atoms with Crippen LogP contribution in [0.2, 0.25) is 0 Å². The van der Waals surface area contributed by atoms with Crippen molar-refractivity contribution in [1.82, 2.24) is 19.7 Å². The first-order valence-corrected chi connectivity index (χ1v) is 9.21. The van der Waals surface area contributed by atoms with Gasteiger partial charge in [0.2, 0.25) is 5.91 Å². The Hall–Kier alpha value is -2.80. The van der Waals surface area contributed by atoms with Gasteiger partial charge in [-0.3, -0.25) is 14.5 Å². The van der Waals surface area contributed by atoms with Crippen LogP contribution in [0.15, 0.2) is 36.9 Å². The molecule has 3 aromatic rings. The van der Waals surface area contributed by atoms with Gasteiger partial charge in [0.1, 0.15) is 5.82 Å². The highest BCUT2D eigenvalue weighted by Gasteiger charge is 2.26. The smallest absolute Gasteiger partial charge is 0.228 e. The van der Waals surface area contributed by atoms with Crippen LogP contribution >= 0.6 is 0 Å². The first-order chi connectivity index (χ1) is 13.1. The molecule has 1 aliphatic rings. The van der Waals surface area contributed by atoms with E-state index in [4.69, 9.17) is 4.74 Å². The van der Waals surface area contributed by atoms with Gasteiger partial charge in [-0.25, -0.2) is 4.98 Å². The van der Waals surface area contributed by atoms with Crippen molar-refractivity contribution in [3.8, 4) is 11.3 Å². The van der Waals surface area contributed by atoms with Crippen LogP contribution in [0.3, 0.4) is 0 Å². The van der Waals surface area contributed by atoms with Crippen LogP contribution in [0.4, 0.5) is 5.82 Å². The minimum atomic E-state index is 0.0253. The Balaban J connectivity index is 1.51. The molecule has 0 spiro atoms. The molecule has 0 radical (unpaired) electrons. The molecule has 1 saturated carbocycles. The Morgan fingerprint density at radius 1 is 1.11 bits per heavy atom. The molecule has 140 valence electrons. The second-order valence-corrected chi connectivity index (χ2v) is 7.09. The molecule has 0 unspecified atom stereocenters. The Morgan fingerprint density at radius 3 is 2.59 bits per heavy atom. The molecule has 0 bridgehead atoms. The molecular formula is C20H23N5O2. The van der Waals surface area contributed by atoms with E-state index in [0.29, 0.717) is 5.82 Å². The van der Waals surface area contributed by atoms with E-state index < -0.39 is 0 Å². The lowest BCUT2D eigenvalue weighted by Crippen LogP contribution is -2.29. The van der Waals surface area contributed by atoms with Gasteiger partial charge in [0.25, 0.3) is 0 Å². The van der Waals surface area contributed by atoms with Crippen molar-refractivity contribution in [2.45, 2.75) is 31.8 Å². The number of hydrogen-bond donors (Lipinski definition) is 1. The lowest BCUT2D eigenvalue weighted by molar-refractivity contribution is -0.121. The molecule has 0 aromatic carbocycles. The summed E-state index contributed by atoms with van der Waals surface area (Å²) in [5.74, 6) is 0.639. The van der Waals surface area contributed by atoms with E-state index in [1.54, 1.807) is 30.4 Å². The second kappa shape index (κ2) is 7.44. The van der Waals surface area contributed by atoms with E-state index in [2.05, 4.69) is 20.4 Å². The number of aryl methyl sites for hydroxylation is 1. The number of amides is 1. The predicted octanol–water partition coefficient (Wildman–Crippen LogP) is 3.17. The average molecular weight is 365 g/mol. The molecule has 7 nitrogen and oxygen atoms in total. The van der Waals surface area contributed by atoms with Crippen LogP contribution in [-0.2, 0) is 16.6 Å². The number of hydrogen-bond acceptors (Lipinski definition) is 5. The van der Waals surface area contributed by atoms with Gasteiger partial charge in [0.15, 0.2) is 0 Å². The molecule has 1 aliphatic carbocycles. The molecule has 27 heavy (non-hydrogen) atoms. The van der Waals surface area contributed by atoms with E-state index >= 15 is 0 Å². The number of nitrogens with one attached hydrogen (secondary N) is 1. The van der Waals surface area contributed by atoms with E-state index in [1.165, 1.54) is 0 Å². The second-order valence-electron chi connectivity index (χ2n) is 7.09. The topological polar surface area (TPSA) is 81.9 Å². The average Bonchev–Trinajstić information content (AvgIpc) is 3.14. The van der Waals surface area contributed by atoms with Gasteiger partial charge in [-0.05, 0) is 43.2 Å². The number of fused-ring (bicyclic) bond motifs is 1. The van der Waals surface area contributed by atoms with Crippen LogP contribution in [0.25, 0.3) is 22.0 Å². The van der Waals surface area contributed by atoms with Crippen molar-refractivity contribution in [1.29, 1.82) is 0 Å². The van der Waals surface area contributed by atoms with Crippen molar-refractivity contribution in [2.24, 2.45) is 13.0 Å². The molecule has 0 aliphatic heterocycles. The highest BCUT2D eigenvalue weighted by atomic mass is 16.5. The van der Waals surface area contributed by atoms with Crippen LogP contribution in [0.1, 0.15) is 25.7 Å². The van der Waals surface area contributed by atoms with E-state index in [9.17, 15) is 4.79 Å². The summed E-state index contributed by atoms with van der Waals surface area (Å²) in [6.07, 6.45) is 11.1. The van der Waals surface area contributed by atoms with E-state index in [1.807, 2.05) is 25.4 Å². The Bertz CT molecular complexity index is 960. The van der Waals surface area contributed by atoms with Gasteiger partial charge < -0.3 is 10.1 Å². The number of carbonyl (C=O) groups excluding carboxylic acids is 1. The minimum absolute atomic E-state index is 0.0253. The molecule has 0 saturated heterocycles. The standard InChI is InChI=1S/C20H23N5O2/c1-25-12-16(11-23-25)18-7-14-8-19(22-10-15(14)9-21-18)24-20(26)13-3-5-17(27-2)6-4-13/h7-13,17H,3-6H2,1-2H3,(H,22,24,26)/t13-,17-. The van der Waals surface area contributed by atoms with Crippen molar-refractivity contribution in [3.05, 3.63) is 36.9 Å². The normalized spacial score (nSPS) is 19.9. The number of aromatic nitrogens is 4. The summed E-state index contributed by atoms with van der Waals surface area (Å²) in [6, 6.07) is 3.89. The highest BCUT2D eigenvalue weighted by Crippen LogP contribution is 2.27. The maximum atomic E-state index is 12.6. The number of nitrogens with zero attached hydrogens (tertiary/aromatic N) is 4. The van der Waals surface area contributed by atoms with E-state index in [0.717, 1.165) is 47.7 Å². The maximum absolute atomic E-state index is 12.6. The van der Waals surface area contributed by atoms with Crippen LogP contribution in [-0.4, -0.2) is 38.9 Å². The Kier molecular flexibility index (Phi) is 4.85. The molecule has 3 aromatic heterocycles. The number of ether oxygens (including phenoxy) is 1. The summed E-state index contributed by atoms with van der Waals surface area (Å²) in [5.41, 5.74) is 1.80. The van der Waals surface area contributed by atoms with Crippen molar-refractivity contribution in [3.63, 3.8) is 0 Å². The summed E-state index contributed by atoms with van der Waals surface area (Å²) in [6.45, 7) is 0. The molecule has 7 heteroatoms. The summed E-state index contributed by atoms with van der Waals surface area (Å²) in [4.78, 5) is 21.4. The number of carbonyl (C=O) groups is 1. The van der Waals surface area contributed by atoms with Gasteiger partial charge in [0.05, 0.1) is 18.0 Å². The Morgan fingerprint density at radius 2 is 1.89 bits per heavy atom. The molecule has 1 N–H and O–H groups in total. The summed E-state index contributed by atoms with van der Waals surface area (Å²) < 4.78 is 7.13. The number of rotatable bonds is 4. The lowest BCUT2D eigenvalue weighted by Gasteiger charge is -2.26. The van der Waals surface area contributed by atoms with Crippen molar-refractivity contribution in [2.75, 3.05) is 12.4 Å². The van der Waals surface area contributed by atoms with Crippen molar-refractivity contribution >= 4 is 22.5 Å². The largest absolute Gasteiger partial charge is 0.381 e. The summed E-state index contributed by atoms with van der Waals surface area (Å²) in [5, 5.41) is 9.08. The Labute approximate surface area is 157 Å². The third-order valence-electron chi connectivity index (χ3n) is 5.23. The quantitative estimate of drug-likeness (QED) is 0.768. The monoisotopic (exact) mass is 365 g/mol.